The average molecular weight is 386 g/mol. The molecular formula is C15H10BrClO3S. The molecule has 108 valence electrons. The van der Waals surface area contributed by atoms with Crippen molar-refractivity contribution in [3.8, 4) is 0 Å². The van der Waals surface area contributed by atoms with Crippen LogP contribution in [0.5, 0.6) is 0 Å². The van der Waals surface area contributed by atoms with Crippen molar-refractivity contribution in [1.29, 1.82) is 0 Å². The van der Waals surface area contributed by atoms with Crippen LogP contribution in [0.1, 0.15) is 15.2 Å². The molecule has 0 fully saturated rings. The summed E-state index contributed by atoms with van der Waals surface area (Å²) in [6.45, 7) is -0.267. The largest absolute Gasteiger partial charge is 0.454 e. The summed E-state index contributed by atoms with van der Waals surface area (Å²) in [6, 6.07) is 10.5. The fourth-order valence-corrected chi connectivity index (χ4v) is 2.89. The molecule has 1 heterocycles. The van der Waals surface area contributed by atoms with E-state index in [4.69, 9.17) is 16.3 Å². The predicted octanol–water partition coefficient (Wildman–Crippen LogP) is 4.60. The molecule has 0 saturated carbocycles. The standard InChI is InChI=1S/C15H10BrClO3S/c16-14-7-6-13(21-14)12(18)9-20-15(19)8-3-10-1-4-11(17)5-2-10/h1-8H,9H2/b8-3+. The summed E-state index contributed by atoms with van der Waals surface area (Å²) >= 11 is 10.3. The fourth-order valence-electron chi connectivity index (χ4n) is 1.46. The van der Waals surface area contributed by atoms with Crippen molar-refractivity contribution in [2.24, 2.45) is 0 Å². The minimum absolute atomic E-state index is 0.223. The van der Waals surface area contributed by atoms with Crippen LogP contribution < -0.4 is 0 Å². The normalized spacial score (nSPS) is 10.8. The summed E-state index contributed by atoms with van der Waals surface area (Å²) < 4.78 is 5.76. The number of hydrogen-bond acceptors (Lipinski definition) is 4. The summed E-state index contributed by atoms with van der Waals surface area (Å²) in [6.07, 6.45) is 2.88. The van der Waals surface area contributed by atoms with Gasteiger partial charge in [-0.15, -0.1) is 11.3 Å². The van der Waals surface area contributed by atoms with E-state index < -0.39 is 5.97 Å². The number of ether oxygens (including phenoxy) is 1. The lowest BCUT2D eigenvalue weighted by atomic mass is 10.2. The van der Waals surface area contributed by atoms with Gasteiger partial charge in [0.25, 0.3) is 0 Å². The summed E-state index contributed by atoms with van der Waals surface area (Å²) in [5.74, 6) is -0.784. The van der Waals surface area contributed by atoms with Crippen LogP contribution in [-0.2, 0) is 9.53 Å². The number of carbonyl (C=O) groups is 2. The number of esters is 1. The summed E-state index contributed by atoms with van der Waals surface area (Å²) in [5, 5.41) is 0.627. The molecule has 6 heteroatoms. The van der Waals surface area contributed by atoms with E-state index in [1.54, 1.807) is 42.5 Å². The Morgan fingerprint density at radius 1 is 1.19 bits per heavy atom. The van der Waals surface area contributed by atoms with Gasteiger partial charge in [-0.1, -0.05) is 23.7 Å². The van der Waals surface area contributed by atoms with Crippen molar-refractivity contribution < 1.29 is 14.3 Å². The Balaban J connectivity index is 1.84. The number of carbonyl (C=O) groups excluding carboxylic acids is 2. The Morgan fingerprint density at radius 2 is 1.90 bits per heavy atom. The molecule has 1 aromatic carbocycles. The molecule has 0 unspecified atom stereocenters. The molecule has 0 aliphatic carbocycles. The Bertz CT molecular complexity index is 676. The Morgan fingerprint density at radius 3 is 2.52 bits per heavy atom. The van der Waals surface area contributed by atoms with E-state index in [0.29, 0.717) is 9.90 Å². The third kappa shape index (κ3) is 5.12. The maximum Gasteiger partial charge on any atom is 0.331 e. The molecule has 0 saturated heterocycles. The number of halogens is 2. The van der Waals surface area contributed by atoms with Gasteiger partial charge < -0.3 is 4.74 Å². The van der Waals surface area contributed by atoms with Gasteiger partial charge in [0.05, 0.1) is 8.66 Å². The molecule has 0 radical (unpaired) electrons. The maximum atomic E-state index is 11.7. The quantitative estimate of drug-likeness (QED) is 0.429. The lowest BCUT2D eigenvalue weighted by molar-refractivity contribution is -0.136. The van der Waals surface area contributed by atoms with E-state index in [-0.39, 0.29) is 12.4 Å². The van der Waals surface area contributed by atoms with Crippen LogP contribution in [0.2, 0.25) is 5.02 Å². The minimum Gasteiger partial charge on any atom is -0.454 e. The average Bonchev–Trinajstić information content (AvgIpc) is 2.91. The molecule has 0 N–H and O–H groups in total. The van der Waals surface area contributed by atoms with Crippen LogP contribution in [0.25, 0.3) is 6.08 Å². The highest BCUT2D eigenvalue weighted by Crippen LogP contribution is 2.22. The lowest BCUT2D eigenvalue weighted by Crippen LogP contribution is -2.11. The Hall–Kier alpha value is -1.43. The number of thiophene rings is 1. The number of benzene rings is 1. The van der Waals surface area contributed by atoms with Crippen LogP contribution in [0.4, 0.5) is 0 Å². The first kappa shape index (κ1) is 15.9. The SMILES string of the molecule is O=C(/C=C/c1ccc(Cl)cc1)OCC(=O)c1ccc(Br)s1. The number of hydrogen-bond donors (Lipinski definition) is 0. The van der Waals surface area contributed by atoms with E-state index in [2.05, 4.69) is 15.9 Å². The summed E-state index contributed by atoms with van der Waals surface area (Å²) in [7, 11) is 0. The summed E-state index contributed by atoms with van der Waals surface area (Å²) in [5.41, 5.74) is 0.824. The van der Waals surface area contributed by atoms with Gasteiger partial charge in [0.15, 0.2) is 6.61 Å². The molecule has 3 nitrogen and oxygen atoms in total. The third-order valence-corrected chi connectivity index (χ3v) is 4.39. The number of ketones is 1. The molecule has 2 aromatic rings. The van der Waals surface area contributed by atoms with Gasteiger partial charge in [-0.05, 0) is 51.8 Å². The van der Waals surface area contributed by atoms with Crippen LogP contribution in [0.15, 0.2) is 46.3 Å². The van der Waals surface area contributed by atoms with Crippen molar-refractivity contribution in [3.05, 3.63) is 61.7 Å². The fraction of sp³-hybridized carbons (Fsp3) is 0.0667. The molecule has 0 bridgehead atoms. The van der Waals surface area contributed by atoms with Gasteiger partial charge >= 0.3 is 5.97 Å². The topological polar surface area (TPSA) is 43.4 Å². The first-order valence-corrected chi connectivity index (χ1v) is 7.92. The highest BCUT2D eigenvalue weighted by Gasteiger charge is 2.10. The Labute approximate surface area is 139 Å². The second kappa shape index (κ2) is 7.54. The molecule has 0 spiro atoms. The predicted molar refractivity (Wildman–Crippen MR) is 87.8 cm³/mol. The minimum atomic E-state index is -0.561. The zero-order chi connectivity index (χ0) is 15.2. The van der Waals surface area contributed by atoms with Gasteiger partial charge in [-0.2, -0.15) is 0 Å². The third-order valence-electron chi connectivity index (χ3n) is 2.48. The van der Waals surface area contributed by atoms with Gasteiger partial charge in [0.2, 0.25) is 5.78 Å². The lowest BCUT2D eigenvalue weighted by Gasteiger charge is -1.99. The first-order chi connectivity index (χ1) is 10.0. The van der Waals surface area contributed by atoms with Gasteiger partial charge in [-0.25, -0.2) is 4.79 Å². The van der Waals surface area contributed by atoms with Crippen LogP contribution in [0.3, 0.4) is 0 Å². The van der Waals surface area contributed by atoms with Crippen molar-refractivity contribution in [2.45, 2.75) is 0 Å². The van der Waals surface area contributed by atoms with E-state index in [9.17, 15) is 9.59 Å². The number of rotatable bonds is 5. The zero-order valence-electron chi connectivity index (χ0n) is 10.7. The van der Waals surface area contributed by atoms with E-state index in [0.717, 1.165) is 9.35 Å². The molecular weight excluding hydrogens is 376 g/mol. The van der Waals surface area contributed by atoms with Crippen molar-refractivity contribution in [1.82, 2.24) is 0 Å². The molecule has 0 amide bonds. The van der Waals surface area contributed by atoms with E-state index in [1.807, 2.05) is 0 Å². The Kier molecular flexibility index (Phi) is 5.73. The van der Waals surface area contributed by atoms with Crippen molar-refractivity contribution in [2.75, 3.05) is 6.61 Å². The first-order valence-electron chi connectivity index (χ1n) is 5.93. The maximum absolute atomic E-state index is 11.7. The molecule has 0 aliphatic rings. The molecule has 1 aromatic heterocycles. The van der Waals surface area contributed by atoms with E-state index >= 15 is 0 Å². The van der Waals surface area contributed by atoms with Crippen molar-refractivity contribution >= 4 is 56.7 Å². The molecule has 0 atom stereocenters. The van der Waals surface area contributed by atoms with Gasteiger partial charge in [0, 0.05) is 11.1 Å². The van der Waals surface area contributed by atoms with Gasteiger partial charge in [0.1, 0.15) is 0 Å². The zero-order valence-corrected chi connectivity index (χ0v) is 13.9. The second-order valence-electron chi connectivity index (χ2n) is 4.02. The van der Waals surface area contributed by atoms with E-state index in [1.165, 1.54) is 17.4 Å². The molecule has 2 rings (SSSR count). The van der Waals surface area contributed by atoms with Gasteiger partial charge in [-0.3, -0.25) is 4.79 Å². The monoisotopic (exact) mass is 384 g/mol. The second-order valence-corrected chi connectivity index (χ2v) is 6.92. The van der Waals surface area contributed by atoms with Crippen LogP contribution in [-0.4, -0.2) is 18.4 Å². The molecule has 0 aliphatic heterocycles. The highest BCUT2D eigenvalue weighted by atomic mass is 79.9. The van der Waals surface area contributed by atoms with Crippen LogP contribution in [0, 0.1) is 0 Å². The molecule has 21 heavy (non-hydrogen) atoms. The summed E-state index contributed by atoms with van der Waals surface area (Å²) in [4.78, 5) is 23.8. The van der Waals surface area contributed by atoms with Crippen molar-refractivity contribution in [3.63, 3.8) is 0 Å². The smallest absolute Gasteiger partial charge is 0.331 e. The van der Waals surface area contributed by atoms with Crippen LogP contribution >= 0.6 is 38.9 Å². The highest BCUT2D eigenvalue weighted by molar-refractivity contribution is 9.11. The number of Topliss-reactive ketones (excluding diaryl/α,β-unsaturated/α-hetero) is 1.